The molecule has 3 rings (SSSR count). The second-order valence-electron chi connectivity index (χ2n) is 8.98. The van der Waals surface area contributed by atoms with Crippen LogP contribution in [0.3, 0.4) is 0 Å². The van der Waals surface area contributed by atoms with Gasteiger partial charge in [-0.2, -0.15) is 0 Å². The van der Waals surface area contributed by atoms with E-state index in [0.717, 1.165) is 64.4 Å². The molecule has 30 heavy (non-hydrogen) atoms. The number of amides is 1. The lowest BCUT2D eigenvalue weighted by Gasteiger charge is -2.39. The van der Waals surface area contributed by atoms with Gasteiger partial charge < -0.3 is 15.1 Å². The number of carbonyl (C=O) groups is 1. The van der Waals surface area contributed by atoms with Gasteiger partial charge in [0.05, 0.1) is 6.04 Å². The summed E-state index contributed by atoms with van der Waals surface area (Å²) in [5.41, 5.74) is 1.46. The van der Waals surface area contributed by atoms with Crippen molar-refractivity contribution in [2.75, 3.05) is 53.9 Å². The molecule has 0 radical (unpaired) electrons. The Morgan fingerprint density at radius 3 is 2.63 bits per heavy atom. The summed E-state index contributed by atoms with van der Waals surface area (Å²) in [5.74, 6) is 2.48. The summed E-state index contributed by atoms with van der Waals surface area (Å²) in [6, 6.07) is 11.0. The Morgan fingerprint density at radius 2 is 1.97 bits per heavy atom. The zero-order valence-electron chi connectivity index (χ0n) is 19.2. The first-order valence-electron chi connectivity index (χ1n) is 11.5. The number of nitrogens with one attached hydrogen (secondary N) is 1. The molecule has 0 saturated carbocycles. The monoisotopic (exact) mass is 413 g/mol. The highest BCUT2D eigenvalue weighted by molar-refractivity contribution is 5.81. The Bertz CT molecular complexity index is 705. The van der Waals surface area contributed by atoms with Crippen LogP contribution in [0, 0.1) is 5.92 Å². The lowest BCUT2D eigenvalue weighted by atomic mass is 9.82. The molecule has 1 aromatic carbocycles. The number of nitrogens with zero attached hydrogens (tertiary/aromatic N) is 4. The largest absolute Gasteiger partial charge is 0.356 e. The number of hydrogen-bond donors (Lipinski definition) is 1. The molecule has 2 saturated heterocycles. The summed E-state index contributed by atoms with van der Waals surface area (Å²) in [5, 5.41) is 3.56. The van der Waals surface area contributed by atoms with Crippen LogP contribution >= 0.6 is 0 Å². The molecule has 2 heterocycles. The molecule has 3 unspecified atom stereocenters. The first-order valence-corrected chi connectivity index (χ1v) is 11.5. The van der Waals surface area contributed by atoms with Gasteiger partial charge >= 0.3 is 0 Å². The van der Waals surface area contributed by atoms with Crippen molar-refractivity contribution in [1.82, 2.24) is 20.0 Å². The van der Waals surface area contributed by atoms with Crippen LogP contribution in [0.4, 0.5) is 0 Å². The molecule has 2 aliphatic rings. The molecule has 0 aromatic heterocycles. The number of benzene rings is 1. The van der Waals surface area contributed by atoms with E-state index in [1.165, 1.54) is 5.56 Å². The molecule has 0 bridgehead atoms. The Balaban J connectivity index is 1.44. The molecule has 3 atom stereocenters. The highest BCUT2D eigenvalue weighted by Gasteiger charge is 2.31. The molecule has 2 aliphatic heterocycles. The summed E-state index contributed by atoms with van der Waals surface area (Å²) in [6.07, 6.45) is 4.29. The fraction of sp³-hybridized carbons (Fsp3) is 0.667. The maximum absolute atomic E-state index is 12.4. The van der Waals surface area contributed by atoms with Gasteiger partial charge in [0.25, 0.3) is 0 Å². The summed E-state index contributed by atoms with van der Waals surface area (Å²) >= 11 is 0. The van der Waals surface area contributed by atoms with Gasteiger partial charge in [0.15, 0.2) is 5.96 Å². The first-order chi connectivity index (χ1) is 14.5. The number of rotatable bonds is 6. The van der Waals surface area contributed by atoms with E-state index < -0.39 is 0 Å². The third-order valence-electron chi connectivity index (χ3n) is 6.64. The second-order valence-corrected chi connectivity index (χ2v) is 8.98. The molecule has 1 amide bonds. The Kier molecular flexibility index (Phi) is 8.14. The van der Waals surface area contributed by atoms with Crippen molar-refractivity contribution in [3.8, 4) is 0 Å². The normalized spacial score (nSPS) is 25.4. The molecule has 6 nitrogen and oxygen atoms in total. The van der Waals surface area contributed by atoms with Crippen LogP contribution in [0.1, 0.15) is 44.1 Å². The van der Waals surface area contributed by atoms with E-state index in [0.29, 0.717) is 11.8 Å². The number of hydrogen-bond acceptors (Lipinski definition) is 3. The molecular formula is C24H39N5O. The van der Waals surface area contributed by atoms with Crippen LogP contribution in [0.5, 0.6) is 0 Å². The van der Waals surface area contributed by atoms with Gasteiger partial charge in [-0.15, -0.1) is 0 Å². The maximum Gasteiger partial charge on any atom is 0.239 e. The minimum absolute atomic E-state index is 0.0668. The van der Waals surface area contributed by atoms with E-state index in [1.54, 1.807) is 4.90 Å². The van der Waals surface area contributed by atoms with E-state index >= 15 is 0 Å². The van der Waals surface area contributed by atoms with E-state index in [2.05, 4.69) is 57.4 Å². The SMILES string of the molecule is CN=C(NCCCN1CCCC1C(=O)N(C)C)N1CCC(c2ccccc2)C(C)C1. The van der Waals surface area contributed by atoms with Crippen LogP contribution in [-0.4, -0.2) is 86.5 Å². The van der Waals surface area contributed by atoms with Crippen LogP contribution in [-0.2, 0) is 4.79 Å². The molecule has 6 heteroatoms. The van der Waals surface area contributed by atoms with Gasteiger partial charge in [-0.05, 0) is 49.6 Å². The van der Waals surface area contributed by atoms with Gasteiger partial charge in [0, 0.05) is 47.3 Å². The Labute approximate surface area is 182 Å². The summed E-state index contributed by atoms with van der Waals surface area (Å²) in [6.45, 7) is 7.30. The van der Waals surface area contributed by atoms with E-state index in [4.69, 9.17) is 0 Å². The van der Waals surface area contributed by atoms with Crippen LogP contribution in [0.2, 0.25) is 0 Å². The standard InChI is InChI=1S/C24H39N5O/c1-19-18-29(17-13-21(19)20-10-6-5-7-11-20)24(25-2)26-14-9-16-28-15-8-12-22(28)23(30)27(3)4/h5-7,10-11,19,21-22H,8-9,12-18H2,1-4H3,(H,25,26). The highest BCUT2D eigenvalue weighted by Crippen LogP contribution is 2.32. The zero-order chi connectivity index (χ0) is 21.5. The molecule has 2 fully saturated rings. The molecule has 1 aromatic rings. The second kappa shape index (κ2) is 10.8. The average Bonchev–Trinajstić information content (AvgIpc) is 3.22. The zero-order valence-corrected chi connectivity index (χ0v) is 19.2. The summed E-state index contributed by atoms with van der Waals surface area (Å²) in [4.78, 5) is 23.4. The predicted octanol–water partition coefficient (Wildman–Crippen LogP) is 2.63. The van der Waals surface area contributed by atoms with E-state index in [-0.39, 0.29) is 11.9 Å². The fourth-order valence-corrected chi connectivity index (χ4v) is 5.02. The minimum atomic E-state index is 0.0668. The van der Waals surface area contributed by atoms with Crippen molar-refractivity contribution < 1.29 is 4.79 Å². The topological polar surface area (TPSA) is 51.2 Å². The summed E-state index contributed by atoms with van der Waals surface area (Å²) in [7, 11) is 5.58. The van der Waals surface area contributed by atoms with Crippen molar-refractivity contribution in [3.05, 3.63) is 35.9 Å². The lowest BCUT2D eigenvalue weighted by Crippen LogP contribution is -2.48. The molecular weight excluding hydrogens is 374 g/mol. The molecule has 0 spiro atoms. The molecule has 0 aliphatic carbocycles. The van der Waals surface area contributed by atoms with Gasteiger partial charge in [0.1, 0.15) is 0 Å². The maximum atomic E-state index is 12.4. The van der Waals surface area contributed by atoms with Crippen molar-refractivity contribution in [2.45, 2.75) is 44.6 Å². The number of likely N-dealkylation sites (N-methyl/N-ethyl adjacent to an activating group) is 1. The minimum Gasteiger partial charge on any atom is -0.356 e. The van der Waals surface area contributed by atoms with Crippen LogP contribution < -0.4 is 5.32 Å². The average molecular weight is 414 g/mol. The van der Waals surface area contributed by atoms with Gasteiger partial charge in [0.2, 0.25) is 5.91 Å². The first kappa shape index (κ1) is 22.6. The number of carbonyl (C=O) groups excluding carboxylic acids is 1. The van der Waals surface area contributed by atoms with Gasteiger partial charge in [-0.1, -0.05) is 37.3 Å². The number of guanidine groups is 1. The van der Waals surface area contributed by atoms with Crippen LogP contribution in [0.15, 0.2) is 35.3 Å². The van der Waals surface area contributed by atoms with Gasteiger partial charge in [-0.25, -0.2) is 0 Å². The Hall–Kier alpha value is -2.08. The van der Waals surface area contributed by atoms with E-state index in [1.807, 2.05) is 21.1 Å². The number of piperidine rings is 1. The number of aliphatic imine (C=N–C) groups is 1. The molecule has 1 N–H and O–H groups in total. The van der Waals surface area contributed by atoms with Crippen molar-refractivity contribution in [1.29, 1.82) is 0 Å². The van der Waals surface area contributed by atoms with Crippen LogP contribution in [0.25, 0.3) is 0 Å². The van der Waals surface area contributed by atoms with Gasteiger partial charge in [-0.3, -0.25) is 14.7 Å². The smallest absolute Gasteiger partial charge is 0.239 e. The highest BCUT2D eigenvalue weighted by atomic mass is 16.2. The third-order valence-corrected chi connectivity index (χ3v) is 6.64. The van der Waals surface area contributed by atoms with Crippen molar-refractivity contribution in [3.63, 3.8) is 0 Å². The quantitative estimate of drug-likeness (QED) is 0.443. The van der Waals surface area contributed by atoms with Crippen molar-refractivity contribution >= 4 is 11.9 Å². The lowest BCUT2D eigenvalue weighted by molar-refractivity contribution is -0.133. The van der Waals surface area contributed by atoms with E-state index in [9.17, 15) is 4.79 Å². The predicted molar refractivity (Wildman–Crippen MR) is 124 cm³/mol. The number of likely N-dealkylation sites (tertiary alicyclic amines) is 2. The Morgan fingerprint density at radius 1 is 1.20 bits per heavy atom. The fourth-order valence-electron chi connectivity index (χ4n) is 5.02. The summed E-state index contributed by atoms with van der Waals surface area (Å²) < 4.78 is 0. The molecule has 166 valence electrons. The third kappa shape index (κ3) is 5.54. The van der Waals surface area contributed by atoms with Crippen molar-refractivity contribution in [2.24, 2.45) is 10.9 Å².